The first-order chi connectivity index (χ1) is 22.2. The highest BCUT2D eigenvalue weighted by molar-refractivity contribution is 5.86. The summed E-state index contributed by atoms with van der Waals surface area (Å²) >= 11 is 0. The summed E-state index contributed by atoms with van der Waals surface area (Å²) in [6.07, 6.45) is 2.55. The number of rotatable bonds is 11. The molecule has 10 nitrogen and oxygen atoms in total. The molecule has 0 bridgehead atoms. The average molecular weight is 617 g/mol. The summed E-state index contributed by atoms with van der Waals surface area (Å²) in [7, 11) is 0. The predicted octanol–water partition coefficient (Wildman–Crippen LogP) is 6.72. The second kappa shape index (κ2) is 12.8. The Kier molecular flexibility index (Phi) is 8.52. The van der Waals surface area contributed by atoms with Crippen molar-refractivity contribution in [1.29, 1.82) is 0 Å². The Hall–Kier alpha value is -5.51. The van der Waals surface area contributed by atoms with Gasteiger partial charge in [-0.15, -0.1) is 30.0 Å². The van der Waals surface area contributed by atoms with Crippen LogP contribution in [-0.2, 0) is 22.4 Å². The fourth-order valence-corrected chi connectivity index (χ4v) is 5.57. The topological polar surface area (TPSA) is 128 Å². The number of benzene rings is 4. The SMILES string of the molecule is C=C(C)C(=O)OCCc1cc(Cc2cc(C(C)CCC)cc(-n3nc4ccccc4n3)c2O)c(O)c(-n2nc3ccccc3n2)c1. The molecular weight excluding hydrogens is 580 g/mol. The van der Waals surface area contributed by atoms with Crippen molar-refractivity contribution in [3.63, 3.8) is 0 Å². The van der Waals surface area contributed by atoms with Crippen LogP contribution in [0.5, 0.6) is 11.5 Å². The highest BCUT2D eigenvalue weighted by atomic mass is 16.5. The molecule has 2 N–H and O–H groups in total. The van der Waals surface area contributed by atoms with Gasteiger partial charge in [-0.1, -0.05) is 63.2 Å². The third-order valence-corrected chi connectivity index (χ3v) is 8.07. The van der Waals surface area contributed by atoms with Crippen LogP contribution in [0.1, 0.15) is 61.8 Å². The van der Waals surface area contributed by atoms with Gasteiger partial charge < -0.3 is 14.9 Å². The van der Waals surface area contributed by atoms with E-state index in [2.05, 4.69) is 40.8 Å². The number of esters is 1. The van der Waals surface area contributed by atoms with E-state index in [0.717, 1.165) is 35.0 Å². The summed E-state index contributed by atoms with van der Waals surface area (Å²) in [4.78, 5) is 14.9. The standard InChI is InChI=1S/C36H36N6O4/c1-5-10-23(4)25-19-27(35(44)33(21-25)42-39-30-13-8-9-14-31(30)40-42)20-26-17-24(15-16-46-36(45)22(2)3)18-32(34(26)43)41-37-28-11-6-7-12-29(28)38-41/h6-9,11-14,17-19,21,23,43-44H,2,5,10,15-16,20H2,1,3-4H3. The minimum absolute atomic E-state index is 0.0149. The fraction of sp³-hybridized carbons (Fsp3) is 0.250. The highest BCUT2D eigenvalue weighted by Crippen LogP contribution is 2.37. The van der Waals surface area contributed by atoms with Crippen molar-refractivity contribution in [2.75, 3.05) is 6.61 Å². The van der Waals surface area contributed by atoms with E-state index in [4.69, 9.17) is 4.74 Å². The molecular formula is C36H36N6O4. The van der Waals surface area contributed by atoms with Gasteiger partial charge in [0.1, 0.15) is 44.9 Å². The van der Waals surface area contributed by atoms with E-state index in [1.165, 1.54) is 9.59 Å². The molecule has 0 aliphatic rings. The lowest BCUT2D eigenvalue weighted by molar-refractivity contribution is -0.138. The summed E-state index contributed by atoms with van der Waals surface area (Å²) in [6, 6.07) is 22.6. The highest BCUT2D eigenvalue weighted by Gasteiger charge is 2.21. The van der Waals surface area contributed by atoms with Crippen molar-refractivity contribution < 1.29 is 19.7 Å². The van der Waals surface area contributed by atoms with Crippen LogP contribution in [0.3, 0.4) is 0 Å². The molecule has 234 valence electrons. The predicted molar refractivity (Wildman–Crippen MR) is 177 cm³/mol. The van der Waals surface area contributed by atoms with Gasteiger partial charge in [-0.3, -0.25) is 0 Å². The van der Waals surface area contributed by atoms with Gasteiger partial charge >= 0.3 is 5.97 Å². The molecule has 0 saturated heterocycles. The van der Waals surface area contributed by atoms with Gasteiger partial charge in [0.05, 0.1) is 6.61 Å². The summed E-state index contributed by atoms with van der Waals surface area (Å²) in [6.45, 7) is 9.68. The van der Waals surface area contributed by atoms with Crippen molar-refractivity contribution in [2.24, 2.45) is 0 Å². The molecule has 10 heteroatoms. The van der Waals surface area contributed by atoms with Gasteiger partial charge in [0.2, 0.25) is 0 Å². The number of carbonyl (C=O) groups is 1. The minimum Gasteiger partial charge on any atom is -0.505 e. The second-order valence-corrected chi connectivity index (χ2v) is 11.7. The molecule has 0 radical (unpaired) electrons. The molecule has 6 rings (SSSR count). The lowest BCUT2D eigenvalue weighted by Crippen LogP contribution is -2.09. The molecule has 6 aromatic rings. The quantitative estimate of drug-likeness (QED) is 0.121. The van der Waals surface area contributed by atoms with Gasteiger partial charge in [-0.25, -0.2) is 4.79 Å². The van der Waals surface area contributed by atoms with Gasteiger partial charge in [-0.2, -0.15) is 0 Å². The fourth-order valence-electron chi connectivity index (χ4n) is 5.57. The largest absolute Gasteiger partial charge is 0.505 e. The Bertz CT molecular complexity index is 2010. The first-order valence-electron chi connectivity index (χ1n) is 15.4. The average Bonchev–Trinajstić information content (AvgIpc) is 3.68. The Balaban J connectivity index is 1.45. The number of phenols is 2. The lowest BCUT2D eigenvalue weighted by Gasteiger charge is -2.18. The van der Waals surface area contributed by atoms with Crippen LogP contribution in [-0.4, -0.2) is 52.8 Å². The van der Waals surface area contributed by atoms with E-state index in [1.54, 1.807) is 13.0 Å². The third-order valence-electron chi connectivity index (χ3n) is 8.07. The Morgan fingerprint density at radius 2 is 1.33 bits per heavy atom. The van der Waals surface area contributed by atoms with E-state index in [-0.39, 0.29) is 30.4 Å². The molecule has 2 heterocycles. The van der Waals surface area contributed by atoms with E-state index in [1.807, 2.05) is 66.7 Å². The molecule has 0 saturated carbocycles. The third kappa shape index (κ3) is 6.19. The second-order valence-electron chi connectivity index (χ2n) is 11.7. The first-order valence-corrected chi connectivity index (χ1v) is 15.4. The number of nitrogens with zero attached hydrogens (tertiary/aromatic N) is 6. The van der Waals surface area contributed by atoms with Crippen LogP contribution >= 0.6 is 0 Å². The number of carbonyl (C=O) groups excluding carboxylic acids is 1. The normalized spacial score (nSPS) is 12.1. The monoisotopic (exact) mass is 616 g/mol. The molecule has 0 spiro atoms. The lowest BCUT2D eigenvalue weighted by atomic mass is 9.91. The summed E-state index contributed by atoms with van der Waals surface area (Å²) in [5.41, 5.74) is 6.98. The van der Waals surface area contributed by atoms with Crippen LogP contribution in [0, 0.1) is 0 Å². The van der Waals surface area contributed by atoms with Gasteiger partial charge in [0.25, 0.3) is 0 Å². The molecule has 0 aliphatic heterocycles. The molecule has 1 unspecified atom stereocenters. The van der Waals surface area contributed by atoms with Gasteiger partial charge in [0, 0.05) is 29.5 Å². The van der Waals surface area contributed by atoms with Crippen molar-refractivity contribution in [3.8, 4) is 22.9 Å². The zero-order valence-electron chi connectivity index (χ0n) is 26.1. The van der Waals surface area contributed by atoms with Crippen molar-refractivity contribution >= 4 is 28.0 Å². The maximum atomic E-state index is 12.0. The molecule has 0 amide bonds. The van der Waals surface area contributed by atoms with Crippen LogP contribution < -0.4 is 0 Å². The van der Waals surface area contributed by atoms with Crippen LogP contribution in [0.4, 0.5) is 0 Å². The number of fused-ring (bicyclic) bond motifs is 2. The number of phenolic OH excluding ortho intramolecular Hbond substituents is 2. The van der Waals surface area contributed by atoms with Gasteiger partial charge in [0.15, 0.2) is 0 Å². The maximum absolute atomic E-state index is 12.0. The van der Waals surface area contributed by atoms with E-state index in [9.17, 15) is 15.0 Å². The Labute approximate surface area is 266 Å². The zero-order valence-corrected chi connectivity index (χ0v) is 26.1. The first kappa shape index (κ1) is 30.5. The van der Waals surface area contributed by atoms with Crippen molar-refractivity contribution in [1.82, 2.24) is 30.0 Å². The Morgan fingerprint density at radius 1 is 0.826 bits per heavy atom. The van der Waals surface area contributed by atoms with E-state index in [0.29, 0.717) is 45.5 Å². The van der Waals surface area contributed by atoms with Crippen LogP contribution in [0.2, 0.25) is 0 Å². The summed E-state index contributed by atoms with van der Waals surface area (Å²) < 4.78 is 5.37. The number of aromatic nitrogens is 6. The number of hydrogen-bond acceptors (Lipinski definition) is 8. The number of aromatic hydroxyl groups is 2. The number of ether oxygens (including phenoxy) is 1. The molecule has 0 fully saturated rings. The summed E-state index contributed by atoms with van der Waals surface area (Å²) in [5, 5.41) is 41.8. The maximum Gasteiger partial charge on any atom is 0.333 e. The van der Waals surface area contributed by atoms with Crippen molar-refractivity contribution in [3.05, 3.63) is 107 Å². The van der Waals surface area contributed by atoms with Crippen LogP contribution in [0.15, 0.2) is 84.9 Å². The van der Waals surface area contributed by atoms with Crippen molar-refractivity contribution in [2.45, 2.75) is 52.4 Å². The summed E-state index contributed by atoms with van der Waals surface area (Å²) in [5.74, 6) is -0.238. The van der Waals surface area contributed by atoms with Gasteiger partial charge in [-0.05, 0) is 66.8 Å². The molecule has 0 aliphatic carbocycles. The van der Waals surface area contributed by atoms with E-state index >= 15 is 0 Å². The molecule has 2 aromatic heterocycles. The smallest absolute Gasteiger partial charge is 0.333 e. The van der Waals surface area contributed by atoms with Crippen LogP contribution in [0.25, 0.3) is 33.4 Å². The number of hydrogen-bond donors (Lipinski definition) is 2. The Morgan fingerprint density at radius 3 is 1.83 bits per heavy atom. The van der Waals surface area contributed by atoms with E-state index < -0.39 is 5.97 Å². The molecule has 1 atom stereocenters. The minimum atomic E-state index is -0.463. The molecule has 4 aromatic carbocycles. The zero-order chi connectivity index (χ0) is 32.4. The molecule has 46 heavy (non-hydrogen) atoms.